The van der Waals surface area contributed by atoms with Gasteiger partial charge in [0.2, 0.25) is 11.8 Å². The van der Waals surface area contributed by atoms with Crippen molar-refractivity contribution in [3.63, 3.8) is 0 Å². The summed E-state index contributed by atoms with van der Waals surface area (Å²) in [4.78, 5) is 19.0. The number of hydrogen-bond donors (Lipinski definition) is 3. The van der Waals surface area contributed by atoms with E-state index in [0.717, 1.165) is 48.2 Å². The van der Waals surface area contributed by atoms with Gasteiger partial charge in [0, 0.05) is 31.6 Å². The van der Waals surface area contributed by atoms with Crippen molar-refractivity contribution in [2.45, 2.75) is 50.3 Å². The summed E-state index contributed by atoms with van der Waals surface area (Å²) < 4.78 is 7.15. The molecular formula is C23H30N6O3. The minimum absolute atomic E-state index is 0.0250. The molecule has 32 heavy (non-hydrogen) atoms. The summed E-state index contributed by atoms with van der Waals surface area (Å²) in [7, 11) is 1.91. The van der Waals surface area contributed by atoms with Crippen LogP contribution in [0.2, 0.25) is 0 Å². The largest absolute Gasteiger partial charge is 0.446 e. The SMILES string of the molecule is Cc1ccc2c(c1)c(NCC(=O)NC1CN(C3CCC(O)(c4ncco4)CC3)C1)nn2C. The number of amides is 1. The lowest BCUT2D eigenvalue weighted by molar-refractivity contribution is -0.121. The zero-order chi connectivity index (χ0) is 22.3. The topological polar surface area (TPSA) is 108 Å². The predicted octanol–water partition coefficient (Wildman–Crippen LogP) is 1.91. The number of anilines is 1. The Morgan fingerprint density at radius 2 is 2.09 bits per heavy atom. The van der Waals surface area contributed by atoms with Gasteiger partial charge in [-0.2, -0.15) is 5.10 Å². The molecule has 1 saturated carbocycles. The maximum Gasteiger partial charge on any atom is 0.239 e. The van der Waals surface area contributed by atoms with Crippen molar-refractivity contribution in [3.05, 3.63) is 42.1 Å². The highest BCUT2D eigenvalue weighted by Gasteiger charge is 2.42. The average molecular weight is 439 g/mol. The highest BCUT2D eigenvalue weighted by Crippen LogP contribution is 2.38. The van der Waals surface area contributed by atoms with Gasteiger partial charge in [0.05, 0.1) is 24.3 Å². The van der Waals surface area contributed by atoms with Crippen molar-refractivity contribution in [1.29, 1.82) is 0 Å². The Labute approximate surface area is 186 Å². The molecule has 9 heteroatoms. The predicted molar refractivity (Wildman–Crippen MR) is 120 cm³/mol. The van der Waals surface area contributed by atoms with Gasteiger partial charge in [-0.25, -0.2) is 4.98 Å². The number of carbonyl (C=O) groups is 1. The maximum atomic E-state index is 12.5. The average Bonchev–Trinajstić information content (AvgIpc) is 3.39. The molecule has 1 aromatic carbocycles. The van der Waals surface area contributed by atoms with Crippen LogP contribution >= 0.6 is 0 Å². The van der Waals surface area contributed by atoms with E-state index in [4.69, 9.17) is 4.42 Å². The molecule has 3 N–H and O–H groups in total. The second-order valence-corrected chi connectivity index (χ2v) is 9.16. The van der Waals surface area contributed by atoms with Crippen LogP contribution in [0.3, 0.4) is 0 Å². The third-order valence-electron chi connectivity index (χ3n) is 6.83. The first kappa shape index (κ1) is 21.0. The van der Waals surface area contributed by atoms with Crippen LogP contribution in [0.5, 0.6) is 0 Å². The van der Waals surface area contributed by atoms with Crippen LogP contribution in [0.15, 0.2) is 35.1 Å². The summed E-state index contributed by atoms with van der Waals surface area (Å²) in [5.74, 6) is 1.13. The Balaban J connectivity index is 1.07. The molecule has 2 fully saturated rings. The van der Waals surface area contributed by atoms with Crippen LogP contribution in [0.4, 0.5) is 5.82 Å². The lowest BCUT2D eigenvalue weighted by Gasteiger charge is -2.47. The number of rotatable bonds is 6. The standard InChI is InChI=1S/C23H30N6O3/c1-15-3-4-19-18(11-15)21(27-28(19)2)25-12-20(30)26-16-13-29(14-16)17-5-7-23(31,8-6-17)22-24-9-10-32-22/h3-4,9-11,16-17,31H,5-8,12-14H2,1-2H3,(H,25,27)(H,26,30). The minimum Gasteiger partial charge on any atom is -0.446 e. The maximum absolute atomic E-state index is 12.5. The minimum atomic E-state index is -0.946. The van der Waals surface area contributed by atoms with Crippen LogP contribution in [0.1, 0.15) is 37.1 Å². The molecule has 1 aliphatic heterocycles. The Morgan fingerprint density at radius 3 is 2.81 bits per heavy atom. The van der Waals surface area contributed by atoms with Crippen molar-refractivity contribution in [3.8, 4) is 0 Å². The van der Waals surface area contributed by atoms with Crippen LogP contribution in [0.25, 0.3) is 10.9 Å². The van der Waals surface area contributed by atoms with Gasteiger partial charge in [-0.05, 0) is 44.7 Å². The van der Waals surface area contributed by atoms with Crippen LogP contribution in [-0.2, 0) is 17.4 Å². The third-order valence-corrected chi connectivity index (χ3v) is 6.83. The number of fused-ring (bicyclic) bond motifs is 1. The molecule has 0 bridgehead atoms. The Hall–Kier alpha value is -2.91. The molecule has 0 unspecified atom stereocenters. The molecule has 0 spiro atoms. The van der Waals surface area contributed by atoms with E-state index in [9.17, 15) is 9.90 Å². The first-order valence-electron chi connectivity index (χ1n) is 11.2. The lowest BCUT2D eigenvalue weighted by atomic mass is 9.80. The highest BCUT2D eigenvalue weighted by atomic mass is 16.4. The van der Waals surface area contributed by atoms with E-state index >= 15 is 0 Å². The number of nitrogens with one attached hydrogen (secondary N) is 2. The summed E-state index contributed by atoms with van der Waals surface area (Å²) in [5.41, 5.74) is 1.25. The number of carbonyl (C=O) groups excluding carboxylic acids is 1. The molecule has 3 aromatic rings. The quantitative estimate of drug-likeness (QED) is 0.539. The van der Waals surface area contributed by atoms with E-state index in [1.54, 1.807) is 6.20 Å². The van der Waals surface area contributed by atoms with Gasteiger partial charge in [-0.3, -0.25) is 14.4 Å². The molecule has 3 heterocycles. The highest BCUT2D eigenvalue weighted by molar-refractivity contribution is 5.92. The zero-order valence-electron chi connectivity index (χ0n) is 18.5. The van der Waals surface area contributed by atoms with Gasteiger partial charge in [-0.15, -0.1) is 0 Å². The second kappa shape index (κ2) is 8.22. The Morgan fingerprint density at radius 1 is 1.31 bits per heavy atom. The molecule has 2 aromatic heterocycles. The number of benzene rings is 1. The Bertz CT molecular complexity index is 1090. The molecule has 0 radical (unpaired) electrons. The molecule has 1 aliphatic carbocycles. The van der Waals surface area contributed by atoms with Gasteiger partial charge in [0.1, 0.15) is 11.9 Å². The molecule has 170 valence electrons. The van der Waals surface area contributed by atoms with Gasteiger partial charge >= 0.3 is 0 Å². The van der Waals surface area contributed by atoms with Gasteiger partial charge in [0.25, 0.3) is 0 Å². The summed E-state index contributed by atoms with van der Waals surface area (Å²) in [5, 5.41) is 22.6. The fraction of sp³-hybridized carbons (Fsp3) is 0.522. The number of aromatic nitrogens is 3. The second-order valence-electron chi connectivity index (χ2n) is 9.16. The molecule has 0 atom stereocenters. The summed E-state index contributed by atoms with van der Waals surface area (Å²) in [6.45, 7) is 3.94. The van der Waals surface area contributed by atoms with E-state index in [1.165, 1.54) is 6.26 Å². The number of nitrogens with zero attached hydrogens (tertiary/aromatic N) is 4. The molecular weight excluding hydrogens is 408 g/mol. The van der Waals surface area contributed by atoms with Crippen molar-refractivity contribution in [1.82, 2.24) is 25.0 Å². The molecule has 1 saturated heterocycles. The van der Waals surface area contributed by atoms with E-state index < -0.39 is 5.60 Å². The van der Waals surface area contributed by atoms with Crippen molar-refractivity contribution >= 4 is 22.6 Å². The third kappa shape index (κ3) is 3.98. The van der Waals surface area contributed by atoms with Crippen molar-refractivity contribution in [2.75, 3.05) is 25.0 Å². The summed E-state index contributed by atoms with van der Waals surface area (Å²) >= 11 is 0. The molecule has 5 rings (SSSR count). The van der Waals surface area contributed by atoms with E-state index in [2.05, 4.69) is 37.7 Å². The smallest absolute Gasteiger partial charge is 0.239 e. The summed E-state index contributed by atoms with van der Waals surface area (Å²) in [6.07, 6.45) is 6.17. The monoisotopic (exact) mass is 438 g/mol. The van der Waals surface area contributed by atoms with E-state index in [-0.39, 0.29) is 18.5 Å². The fourth-order valence-corrected chi connectivity index (χ4v) is 4.97. The van der Waals surface area contributed by atoms with Crippen LogP contribution < -0.4 is 10.6 Å². The number of oxazole rings is 1. The van der Waals surface area contributed by atoms with E-state index in [0.29, 0.717) is 24.8 Å². The summed E-state index contributed by atoms with van der Waals surface area (Å²) in [6, 6.07) is 6.78. The van der Waals surface area contributed by atoms with Crippen molar-refractivity contribution < 1.29 is 14.3 Å². The molecule has 1 amide bonds. The molecule has 2 aliphatic rings. The normalized spacial score (nSPS) is 24.4. The number of aliphatic hydroxyl groups is 1. The fourth-order valence-electron chi connectivity index (χ4n) is 4.97. The van der Waals surface area contributed by atoms with Gasteiger partial charge in [-0.1, -0.05) is 11.6 Å². The van der Waals surface area contributed by atoms with Crippen LogP contribution in [0, 0.1) is 6.92 Å². The zero-order valence-corrected chi connectivity index (χ0v) is 18.5. The van der Waals surface area contributed by atoms with E-state index in [1.807, 2.05) is 24.7 Å². The lowest BCUT2D eigenvalue weighted by Crippen LogP contribution is -2.63. The van der Waals surface area contributed by atoms with Crippen molar-refractivity contribution in [2.24, 2.45) is 7.05 Å². The Kier molecular flexibility index (Phi) is 5.38. The number of hydrogen-bond acceptors (Lipinski definition) is 7. The first-order valence-corrected chi connectivity index (χ1v) is 11.2. The first-order chi connectivity index (χ1) is 15.4. The molecule has 9 nitrogen and oxygen atoms in total. The van der Waals surface area contributed by atoms with Gasteiger partial charge in [0.15, 0.2) is 5.82 Å². The van der Waals surface area contributed by atoms with Crippen LogP contribution in [-0.4, -0.2) is 62.4 Å². The number of aryl methyl sites for hydroxylation is 2. The van der Waals surface area contributed by atoms with Gasteiger partial charge < -0.3 is 20.2 Å². The number of likely N-dealkylation sites (tertiary alicyclic amines) is 1.